The van der Waals surface area contributed by atoms with E-state index in [1.54, 1.807) is 0 Å². The Kier molecular flexibility index (Phi) is 4.88. The molecule has 0 saturated heterocycles. The molecule has 1 fully saturated rings. The van der Waals surface area contributed by atoms with Gasteiger partial charge in [-0.15, -0.1) is 5.10 Å². The lowest BCUT2D eigenvalue weighted by Gasteiger charge is -2.19. The van der Waals surface area contributed by atoms with Crippen LogP contribution in [-0.4, -0.2) is 32.9 Å². The lowest BCUT2D eigenvalue weighted by atomic mass is 9.98. The van der Waals surface area contributed by atoms with Crippen LogP contribution in [0.15, 0.2) is 36.5 Å². The standard InChI is InChI=1S/C17H21N5O2/c18-16(23)14(10-12-6-4-5-7-12)20-17(24)15-11-19-21-22(15)13-8-2-1-3-9-13/h1-3,8-9,11-12,14H,4-7,10H2,(H2,18,23)(H,20,24)/t14-/m0/s1. The average Bonchev–Trinajstić information content (AvgIpc) is 3.26. The molecule has 2 amide bonds. The summed E-state index contributed by atoms with van der Waals surface area (Å²) < 4.78 is 1.45. The average molecular weight is 327 g/mol. The Morgan fingerprint density at radius 3 is 2.62 bits per heavy atom. The summed E-state index contributed by atoms with van der Waals surface area (Å²) in [4.78, 5) is 24.3. The number of carbonyl (C=O) groups is 2. The maximum atomic E-state index is 12.6. The van der Waals surface area contributed by atoms with Crippen molar-refractivity contribution in [3.63, 3.8) is 0 Å². The number of nitrogens with one attached hydrogen (secondary N) is 1. The van der Waals surface area contributed by atoms with Crippen molar-refractivity contribution in [3.8, 4) is 5.69 Å². The van der Waals surface area contributed by atoms with E-state index in [1.807, 2.05) is 30.3 Å². The summed E-state index contributed by atoms with van der Waals surface area (Å²) in [6.45, 7) is 0. The molecule has 7 heteroatoms. The molecule has 3 N–H and O–H groups in total. The number of nitrogens with zero attached hydrogens (tertiary/aromatic N) is 3. The van der Waals surface area contributed by atoms with E-state index in [0.29, 0.717) is 12.3 Å². The fourth-order valence-corrected chi connectivity index (χ4v) is 3.21. The van der Waals surface area contributed by atoms with Gasteiger partial charge in [0, 0.05) is 0 Å². The van der Waals surface area contributed by atoms with Crippen LogP contribution < -0.4 is 11.1 Å². The van der Waals surface area contributed by atoms with Gasteiger partial charge >= 0.3 is 0 Å². The first-order valence-electron chi connectivity index (χ1n) is 8.21. The predicted molar refractivity (Wildman–Crippen MR) is 88.4 cm³/mol. The Balaban J connectivity index is 1.74. The second-order valence-electron chi connectivity index (χ2n) is 6.18. The van der Waals surface area contributed by atoms with E-state index in [0.717, 1.165) is 18.5 Å². The largest absolute Gasteiger partial charge is 0.368 e. The zero-order valence-corrected chi connectivity index (χ0v) is 13.4. The van der Waals surface area contributed by atoms with Crippen LogP contribution in [0.3, 0.4) is 0 Å². The van der Waals surface area contributed by atoms with Gasteiger partial charge in [-0.1, -0.05) is 49.1 Å². The van der Waals surface area contributed by atoms with E-state index in [-0.39, 0.29) is 5.69 Å². The van der Waals surface area contributed by atoms with Gasteiger partial charge in [-0.05, 0) is 24.5 Å². The summed E-state index contributed by atoms with van der Waals surface area (Å²) in [6, 6.07) is 8.58. The molecule has 1 saturated carbocycles. The Bertz CT molecular complexity index is 707. The van der Waals surface area contributed by atoms with Gasteiger partial charge in [-0.2, -0.15) is 0 Å². The van der Waals surface area contributed by atoms with Crippen LogP contribution in [0, 0.1) is 5.92 Å². The number of rotatable bonds is 6. The normalized spacial score (nSPS) is 16.0. The summed E-state index contributed by atoms with van der Waals surface area (Å²) in [6.07, 6.45) is 6.50. The molecule has 126 valence electrons. The number of benzene rings is 1. The van der Waals surface area contributed by atoms with Crippen molar-refractivity contribution in [2.45, 2.75) is 38.1 Å². The molecule has 1 atom stereocenters. The summed E-state index contributed by atoms with van der Waals surface area (Å²) in [5.41, 5.74) is 6.48. The Morgan fingerprint density at radius 1 is 1.25 bits per heavy atom. The highest BCUT2D eigenvalue weighted by Gasteiger charge is 2.26. The fourth-order valence-electron chi connectivity index (χ4n) is 3.21. The third-order valence-electron chi connectivity index (χ3n) is 4.48. The molecule has 1 aromatic heterocycles. The van der Waals surface area contributed by atoms with E-state index in [4.69, 9.17) is 5.73 Å². The zero-order valence-electron chi connectivity index (χ0n) is 13.4. The molecule has 1 aromatic carbocycles. The quantitative estimate of drug-likeness (QED) is 0.837. The van der Waals surface area contributed by atoms with Crippen molar-refractivity contribution >= 4 is 11.8 Å². The number of nitrogens with two attached hydrogens (primary N) is 1. The Labute approximate surface area is 140 Å². The molecule has 0 aliphatic heterocycles. The van der Waals surface area contributed by atoms with Crippen LogP contribution in [0.2, 0.25) is 0 Å². The van der Waals surface area contributed by atoms with Gasteiger partial charge in [0.15, 0.2) is 5.69 Å². The maximum Gasteiger partial charge on any atom is 0.272 e. The Morgan fingerprint density at radius 2 is 1.96 bits per heavy atom. The summed E-state index contributed by atoms with van der Waals surface area (Å²) >= 11 is 0. The van der Waals surface area contributed by atoms with E-state index in [9.17, 15) is 9.59 Å². The summed E-state index contributed by atoms with van der Waals surface area (Å²) in [5, 5.41) is 10.5. The number of para-hydroxylation sites is 1. The monoisotopic (exact) mass is 327 g/mol. The number of carbonyl (C=O) groups excluding carboxylic acids is 2. The molecular weight excluding hydrogens is 306 g/mol. The van der Waals surface area contributed by atoms with Crippen LogP contribution in [0.4, 0.5) is 0 Å². The van der Waals surface area contributed by atoms with E-state index < -0.39 is 17.9 Å². The highest BCUT2D eigenvalue weighted by molar-refractivity contribution is 5.96. The van der Waals surface area contributed by atoms with Gasteiger partial charge in [0.2, 0.25) is 5.91 Å². The second-order valence-corrected chi connectivity index (χ2v) is 6.18. The summed E-state index contributed by atoms with van der Waals surface area (Å²) in [7, 11) is 0. The smallest absolute Gasteiger partial charge is 0.272 e. The molecule has 24 heavy (non-hydrogen) atoms. The van der Waals surface area contributed by atoms with Crippen molar-refractivity contribution in [2.24, 2.45) is 11.7 Å². The topological polar surface area (TPSA) is 103 Å². The van der Waals surface area contributed by atoms with Crippen molar-refractivity contribution in [1.29, 1.82) is 0 Å². The number of aromatic nitrogens is 3. The van der Waals surface area contributed by atoms with Gasteiger partial charge in [-0.25, -0.2) is 4.68 Å². The van der Waals surface area contributed by atoms with E-state index >= 15 is 0 Å². The SMILES string of the molecule is NC(=O)[C@H](CC1CCCC1)NC(=O)c1cnnn1-c1ccccc1. The second kappa shape index (κ2) is 7.25. The van der Waals surface area contributed by atoms with Crippen molar-refractivity contribution in [1.82, 2.24) is 20.3 Å². The van der Waals surface area contributed by atoms with Crippen molar-refractivity contribution in [3.05, 3.63) is 42.2 Å². The number of hydrogen-bond acceptors (Lipinski definition) is 4. The molecule has 0 spiro atoms. The molecule has 0 unspecified atom stereocenters. The summed E-state index contributed by atoms with van der Waals surface area (Å²) in [5.74, 6) is -0.459. The van der Waals surface area contributed by atoms with Crippen molar-refractivity contribution in [2.75, 3.05) is 0 Å². The molecule has 1 aliphatic rings. The van der Waals surface area contributed by atoms with Crippen LogP contribution in [-0.2, 0) is 4.79 Å². The highest BCUT2D eigenvalue weighted by Crippen LogP contribution is 2.28. The molecule has 3 rings (SSSR count). The highest BCUT2D eigenvalue weighted by atomic mass is 16.2. The molecule has 0 radical (unpaired) electrons. The van der Waals surface area contributed by atoms with Gasteiger partial charge in [-0.3, -0.25) is 9.59 Å². The Hall–Kier alpha value is -2.70. The number of hydrogen-bond donors (Lipinski definition) is 2. The minimum atomic E-state index is -0.667. The maximum absolute atomic E-state index is 12.6. The van der Waals surface area contributed by atoms with Gasteiger partial charge in [0.1, 0.15) is 6.04 Å². The molecule has 1 heterocycles. The molecule has 1 aliphatic carbocycles. The first-order chi connectivity index (χ1) is 11.6. The number of primary amides is 1. The van der Waals surface area contributed by atoms with Gasteiger partial charge in [0.05, 0.1) is 11.9 Å². The zero-order chi connectivity index (χ0) is 16.9. The van der Waals surface area contributed by atoms with Crippen molar-refractivity contribution < 1.29 is 9.59 Å². The lowest BCUT2D eigenvalue weighted by Crippen LogP contribution is -2.45. The first-order valence-corrected chi connectivity index (χ1v) is 8.21. The molecule has 0 bridgehead atoms. The number of amides is 2. The van der Waals surface area contributed by atoms with Gasteiger partial charge in [0.25, 0.3) is 5.91 Å². The van der Waals surface area contributed by atoms with Crippen LogP contribution in [0.25, 0.3) is 5.69 Å². The fraction of sp³-hybridized carbons (Fsp3) is 0.412. The van der Waals surface area contributed by atoms with Gasteiger partial charge < -0.3 is 11.1 Å². The minimum Gasteiger partial charge on any atom is -0.368 e. The van der Waals surface area contributed by atoms with Crippen LogP contribution in [0.5, 0.6) is 0 Å². The molecule has 2 aromatic rings. The van der Waals surface area contributed by atoms with Crippen LogP contribution in [0.1, 0.15) is 42.6 Å². The minimum absolute atomic E-state index is 0.277. The molecule has 7 nitrogen and oxygen atoms in total. The first kappa shape index (κ1) is 16.2. The third kappa shape index (κ3) is 3.61. The predicted octanol–water partition coefficient (Wildman–Crippen LogP) is 1.43. The van der Waals surface area contributed by atoms with E-state index in [2.05, 4.69) is 15.6 Å². The third-order valence-corrected chi connectivity index (χ3v) is 4.48. The van der Waals surface area contributed by atoms with E-state index in [1.165, 1.54) is 23.7 Å². The van der Waals surface area contributed by atoms with Crippen LogP contribution >= 0.6 is 0 Å². The molecular formula is C17H21N5O2. The lowest BCUT2D eigenvalue weighted by molar-refractivity contribution is -0.120.